The largest absolute Gasteiger partial charge is 0.377 e. The lowest BCUT2D eigenvalue weighted by molar-refractivity contribution is 0.0206. The second-order valence-electron chi connectivity index (χ2n) is 5.38. The normalized spacial score (nSPS) is 18.0. The Balaban J connectivity index is 1.59. The van der Waals surface area contributed by atoms with Crippen molar-refractivity contribution in [1.82, 2.24) is 9.97 Å². The van der Waals surface area contributed by atoms with Gasteiger partial charge in [0.15, 0.2) is 5.82 Å². The quantitative estimate of drug-likeness (QED) is 0.793. The highest BCUT2D eigenvalue weighted by molar-refractivity contribution is 5.88. The van der Waals surface area contributed by atoms with Crippen LogP contribution >= 0.6 is 0 Å². The number of para-hydroxylation sites is 1. The first kappa shape index (κ1) is 16.0. The van der Waals surface area contributed by atoms with Crippen molar-refractivity contribution in [2.45, 2.75) is 25.4 Å². The predicted molar refractivity (Wildman–Crippen MR) is 82.8 cm³/mol. The zero-order valence-corrected chi connectivity index (χ0v) is 12.7. The summed E-state index contributed by atoms with van der Waals surface area (Å²) >= 11 is 0. The van der Waals surface area contributed by atoms with Crippen molar-refractivity contribution in [3.05, 3.63) is 30.1 Å². The molecule has 0 aliphatic carbocycles. The number of halogens is 2. The summed E-state index contributed by atoms with van der Waals surface area (Å²) in [5.41, 5.74) is 0.501. The molecule has 1 aliphatic heterocycles. The summed E-state index contributed by atoms with van der Waals surface area (Å²) in [6, 6.07) is 7.09. The Labute approximate surface area is 133 Å². The number of hydrogen-bond donors (Lipinski definition) is 1. The topological polar surface area (TPSA) is 56.3 Å². The Bertz CT molecular complexity index is 648. The number of hydrogen-bond acceptors (Lipinski definition) is 5. The molecular formula is C16H19F2N3O2. The van der Waals surface area contributed by atoms with E-state index < -0.39 is 12.2 Å². The molecule has 3 rings (SSSR count). The maximum atomic E-state index is 12.9. The first-order valence-corrected chi connectivity index (χ1v) is 7.72. The summed E-state index contributed by atoms with van der Waals surface area (Å²) in [5, 5.41) is 3.78. The van der Waals surface area contributed by atoms with E-state index in [1.54, 1.807) is 18.2 Å². The highest BCUT2D eigenvalue weighted by Crippen LogP contribution is 2.24. The van der Waals surface area contributed by atoms with E-state index in [1.165, 1.54) is 0 Å². The van der Waals surface area contributed by atoms with E-state index in [2.05, 4.69) is 15.3 Å². The minimum absolute atomic E-state index is 0.181. The molecule has 7 heteroatoms. The number of anilines is 1. The van der Waals surface area contributed by atoms with E-state index in [0.717, 1.165) is 24.8 Å². The third-order valence-corrected chi connectivity index (χ3v) is 3.68. The summed E-state index contributed by atoms with van der Waals surface area (Å²) in [5.74, 6) is -0.0573. The van der Waals surface area contributed by atoms with E-state index in [4.69, 9.17) is 9.47 Å². The average molecular weight is 323 g/mol. The number of rotatable bonds is 7. The zero-order chi connectivity index (χ0) is 16.1. The van der Waals surface area contributed by atoms with Crippen molar-refractivity contribution in [3.63, 3.8) is 0 Å². The van der Waals surface area contributed by atoms with Crippen LogP contribution < -0.4 is 5.32 Å². The van der Waals surface area contributed by atoms with Gasteiger partial charge in [-0.2, -0.15) is 0 Å². The average Bonchev–Trinajstić information content (AvgIpc) is 3.07. The maximum absolute atomic E-state index is 12.9. The molecule has 2 aromatic rings. The van der Waals surface area contributed by atoms with Crippen molar-refractivity contribution < 1.29 is 18.3 Å². The minimum Gasteiger partial charge on any atom is -0.377 e. The van der Waals surface area contributed by atoms with E-state index in [9.17, 15) is 8.78 Å². The summed E-state index contributed by atoms with van der Waals surface area (Å²) in [4.78, 5) is 7.81. The first-order chi connectivity index (χ1) is 11.2. The van der Waals surface area contributed by atoms with E-state index in [0.29, 0.717) is 31.1 Å². The van der Waals surface area contributed by atoms with Gasteiger partial charge in [0.2, 0.25) is 0 Å². The van der Waals surface area contributed by atoms with Gasteiger partial charge in [-0.1, -0.05) is 12.1 Å². The van der Waals surface area contributed by atoms with E-state index in [-0.39, 0.29) is 6.10 Å². The molecular weight excluding hydrogens is 304 g/mol. The number of fused-ring (bicyclic) bond motifs is 1. The Morgan fingerprint density at radius 2 is 2.17 bits per heavy atom. The lowest BCUT2D eigenvalue weighted by atomic mass is 10.2. The van der Waals surface area contributed by atoms with Crippen LogP contribution in [0, 0.1) is 0 Å². The second-order valence-corrected chi connectivity index (χ2v) is 5.38. The molecule has 5 nitrogen and oxygen atoms in total. The Hall–Kier alpha value is -1.86. The number of ether oxygens (including phenoxy) is 2. The van der Waals surface area contributed by atoms with Crippen LogP contribution in [-0.2, 0) is 9.47 Å². The number of alkyl halides is 2. The van der Waals surface area contributed by atoms with Crippen molar-refractivity contribution in [2.75, 3.05) is 31.7 Å². The number of benzene rings is 1. The van der Waals surface area contributed by atoms with Gasteiger partial charge in [0.25, 0.3) is 6.43 Å². The van der Waals surface area contributed by atoms with Gasteiger partial charge in [-0.3, -0.25) is 0 Å². The highest BCUT2D eigenvalue weighted by Gasteiger charge is 2.16. The van der Waals surface area contributed by atoms with Gasteiger partial charge in [-0.25, -0.2) is 18.7 Å². The van der Waals surface area contributed by atoms with Crippen LogP contribution in [0.5, 0.6) is 0 Å². The van der Waals surface area contributed by atoms with Crippen LogP contribution in [0.25, 0.3) is 10.9 Å². The molecule has 23 heavy (non-hydrogen) atoms. The van der Waals surface area contributed by atoms with Crippen molar-refractivity contribution in [1.29, 1.82) is 0 Å². The molecule has 1 fully saturated rings. The van der Waals surface area contributed by atoms with Crippen molar-refractivity contribution >= 4 is 16.7 Å². The summed E-state index contributed by atoms with van der Waals surface area (Å²) in [7, 11) is 0. The summed E-state index contributed by atoms with van der Waals surface area (Å²) in [6.07, 6.45) is -0.409. The van der Waals surface area contributed by atoms with Gasteiger partial charge in [0.1, 0.15) is 5.82 Å². The number of nitrogens with zero attached hydrogens (tertiary/aromatic N) is 2. The third-order valence-electron chi connectivity index (χ3n) is 3.68. The number of aromatic nitrogens is 2. The molecule has 0 saturated carbocycles. The van der Waals surface area contributed by atoms with Crippen molar-refractivity contribution in [3.8, 4) is 0 Å². The molecule has 1 atom stereocenters. The first-order valence-electron chi connectivity index (χ1n) is 7.72. The molecule has 1 aliphatic rings. The molecule has 0 bridgehead atoms. The van der Waals surface area contributed by atoms with Crippen LogP contribution in [-0.4, -0.2) is 42.4 Å². The fraction of sp³-hybridized carbons (Fsp3) is 0.500. The highest BCUT2D eigenvalue weighted by atomic mass is 19.3. The molecule has 1 aromatic carbocycles. The second kappa shape index (κ2) is 7.61. The molecule has 0 amide bonds. The van der Waals surface area contributed by atoms with Crippen LogP contribution in [0.15, 0.2) is 24.3 Å². The molecule has 1 N–H and O–H groups in total. The smallest absolute Gasteiger partial charge is 0.297 e. The summed E-state index contributed by atoms with van der Waals surface area (Å²) < 4.78 is 36.8. The third kappa shape index (κ3) is 4.11. The monoisotopic (exact) mass is 323 g/mol. The van der Waals surface area contributed by atoms with Crippen LogP contribution in [0.3, 0.4) is 0 Å². The Morgan fingerprint density at radius 1 is 1.30 bits per heavy atom. The van der Waals surface area contributed by atoms with Gasteiger partial charge in [0.05, 0.1) is 24.8 Å². The molecule has 2 heterocycles. The van der Waals surface area contributed by atoms with Gasteiger partial charge >= 0.3 is 0 Å². The standard InChI is InChI=1S/C16H19F2N3O2/c17-14(18)16-20-13-6-2-1-5-12(13)15(21-16)19-7-9-22-10-11-4-3-8-23-11/h1-2,5-6,11,14H,3-4,7-10H2,(H,19,20,21). The van der Waals surface area contributed by atoms with Gasteiger partial charge in [-0.05, 0) is 25.0 Å². The molecule has 1 saturated heterocycles. The Morgan fingerprint density at radius 3 is 2.96 bits per heavy atom. The number of nitrogens with one attached hydrogen (secondary N) is 1. The molecule has 0 radical (unpaired) electrons. The van der Waals surface area contributed by atoms with E-state index >= 15 is 0 Å². The maximum Gasteiger partial charge on any atom is 0.297 e. The fourth-order valence-electron chi connectivity index (χ4n) is 2.56. The molecule has 0 spiro atoms. The van der Waals surface area contributed by atoms with E-state index in [1.807, 2.05) is 6.07 Å². The van der Waals surface area contributed by atoms with Gasteiger partial charge in [0, 0.05) is 18.5 Å². The van der Waals surface area contributed by atoms with Crippen molar-refractivity contribution in [2.24, 2.45) is 0 Å². The molecule has 1 unspecified atom stereocenters. The zero-order valence-electron chi connectivity index (χ0n) is 12.7. The summed E-state index contributed by atoms with van der Waals surface area (Å²) in [6.45, 7) is 2.31. The van der Waals surface area contributed by atoms with Crippen LogP contribution in [0.4, 0.5) is 14.6 Å². The lowest BCUT2D eigenvalue weighted by Crippen LogP contribution is -2.18. The Kier molecular flexibility index (Phi) is 5.30. The molecule has 1 aromatic heterocycles. The van der Waals surface area contributed by atoms with Crippen LogP contribution in [0.1, 0.15) is 25.1 Å². The molecule has 124 valence electrons. The lowest BCUT2D eigenvalue weighted by Gasteiger charge is -2.12. The predicted octanol–water partition coefficient (Wildman–Crippen LogP) is 3.17. The van der Waals surface area contributed by atoms with Gasteiger partial charge < -0.3 is 14.8 Å². The minimum atomic E-state index is -2.70. The SMILES string of the molecule is FC(F)c1nc(NCCOCC2CCCO2)c2ccccc2n1. The van der Waals surface area contributed by atoms with Gasteiger partial charge in [-0.15, -0.1) is 0 Å². The fourth-order valence-corrected chi connectivity index (χ4v) is 2.56. The van der Waals surface area contributed by atoms with Crippen LogP contribution in [0.2, 0.25) is 0 Å².